The van der Waals surface area contributed by atoms with Crippen molar-refractivity contribution in [3.05, 3.63) is 12.7 Å². The Labute approximate surface area is 184 Å². The van der Waals surface area contributed by atoms with Gasteiger partial charge in [-0.05, 0) is 54.4 Å². The van der Waals surface area contributed by atoms with Gasteiger partial charge in [0.05, 0.1) is 30.8 Å². The van der Waals surface area contributed by atoms with E-state index in [1.165, 1.54) is 4.90 Å². The van der Waals surface area contributed by atoms with Crippen molar-refractivity contribution in [1.29, 1.82) is 0 Å². The highest BCUT2D eigenvalue weighted by molar-refractivity contribution is 5.99. The zero-order chi connectivity index (χ0) is 23.4. The van der Waals surface area contributed by atoms with Gasteiger partial charge in [0.15, 0.2) is 0 Å². The van der Waals surface area contributed by atoms with E-state index >= 15 is 0 Å². The predicted molar refractivity (Wildman–Crippen MR) is 114 cm³/mol. The molecule has 0 aromatic carbocycles. The third kappa shape index (κ3) is 3.39. The summed E-state index contributed by atoms with van der Waals surface area (Å²) >= 11 is 0. The first-order valence-electron chi connectivity index (χ1n) is 11.1. The fraction of sp³-hybridized carbons (Fsp3) is 0.783. The zero-order valence-corrected chi connectivity index (χ0v) is 19.5. The van der Waals surface area contributed by atoms with Crippen molar-refractivity contribution in [2.24, 2.45) is 11.8 Å². The van der Waals surface area contributed by atoms with Crippen LogP contribution in [0.15, 0.2) is 12.7 Å². The molecule has 0 aromatic rings. The lowest BCUT2D eigenvalue weighted by molar-refractivity contribution is -0.162. The highest BCUT2D eigenvalue weighted by Crippen LogP contribution is 2.63. The summed E-state index contributed by atoms with van der Waals surface area (Å²) < 4.78 is 11.8. The molecule has 31 heavy (non-hydrogen) atoms. The van der Waals surface area contributed by atoms with Crippen LogP contribution in [0, 0.1) is 11.8 Å². The van der Waals surface area contributed by atoms with E-state index in [2.05, 4.69) is 6.58 Å². The molecule has 2 amide bonds. The van der Waals surface area contributed by atoms with Crippen molar-refractivity contribution in [1.82, 2.24) is 9.80 Å². The molecule has 3 aliphatic heterocycles. The summed E-state index contributed by atoms with van der Waals surface area (Å²) in [6, 6.07) is -1.52. The fourth-order valence-corrected chi connectivity index (χ4v) is 5.77. The third-order valence-electron chi connectivity index (χ3n) is 7.12. The molecule has 6 atom stereocenters. The van der Waals surface area contributed by atoms with Crippen LogP contribution in [-0.2, 0) is 23.9 Å². The second-order valence-corrected chi connectivity index (χ2v) is 10.2. The van der Waals surface area contributed by atoms with Gasteiger partial charge in [0.25, 0.3) is 0 Å². The van der Waals surface area contributed by atoms with Crippen LogP contribution in [0.25, 0.3) is 0 Å². The number of hydrogen-bond acceptors (Lipinski definition) is 6. The molecule has 2 unspecified atom stereocenters. The quantitative estimate of drug-likeness (QED) is 0.480. The molecule has 3 rings (SSSR count). The van der Waals surface area contributed by atoms with E-state index in [-0.39, 0.29) is 25.0 Å². The summed E-state index contributed by atoms with van der Waals surface area (Å²) in [5, 5.41) is 9.89. The lowest BCUT2D eigenvalue weighted by atomic mass is 9.66. The topological polar surface area (TPSA) is 96.4 Å². The van der Waals surface area contributed by atoms with Gasteiger partial charge in [0.1, 0.15) is 17.6 Å². The Balaban J connectivity index is 2.14. The van der Waals surface area contributed by atoms with Crippen LogP contribution < -0.4 is 0 Å². The van der Waals surface area contributed by atoms with Crippen molar-refractivity contribution in [2.75, 3.05) is 19.8 Å². The number of nitrogens with zero attached hydrogens (tertiary/aromatic N) is 2. The van der Waals surface area contributed by atoms with Crippen LogP contribution in [-0.4, -0.2) is 81.3 Å². The van der Waals surface area contributed by atoms with E-state index in [1.807, 2.05) is 27.7 Å². The number of carbonyl (C=O) groups is 3. The van der Waals surface area contributed by atoms with E-state index < -0.39 is 46.6 Å². The molecule has 3 aliphatic rings. The SMILES string of the molecule is C=CCN(C(=O)C1N([C@H](C)CO)C(=O)[C@@H]2[C@@H](C(=O)OCC)[C@@]3(C)CCC12O3)C(C)(C)C. The van der Waals surface area contributed by atoms with Crippen LogP contribution in [0.4, 0.5) is 0 Å². The molecule has 0 saturated carbocycles. The second-order valence-electron chi connectivity index (χ2n) is 10.2. The van der Waals surface area contributed by atoms with Crippen molar-refractivity contribution in [3.63, 3.8) is 0 Å². The summed E-state index contributed by atoms with van der Waals surface area (Å²) in [4.78, 5) is 43.8. The number of aliphatic hydroxyl groups excluding tert-OH is 1. The number of ether oxygens (including phenoxy) is 2. The summed E-state index contributed by atoms with van der Waals surface area (Å²) in [5.41, 5.74) is -2.49. The molecule has 3 saturated heterocycles. The van der Waals surface area contributed by atoms with Crippen molar-refractivity contribution in [3.8, 4) is 0 Å². The van der Waals surface area contributed by atoms with Crippen LogP contribution >= 0.6 is 0 Å². The molecular weight excluding hydrogens is 400 g/mol. The summed E-state index contributed by atoms with van der Waals surface area (Å²) in [6.07, 6.45) is 2.71. The van der Waals surface area contributed by atoms with Gasteiger partial charge in [-0.25, -0.2) is 0 Å². The molecule has 1 N–H and O–H groups in total. The lowest BCUT2D eigenvalue weighted by Crippen LogP contribution is -2.61. The Bertz CT molecular complexity index is 777. The molecular formula is C23H36N2O6. The second kappa shape index (κ2) is 7.89. The van der Waals surface area contributed by atoms with Gasteiger partial charge < -0.3 is 24.4 Å². The molecule has 174 valence electrons. The number of amides is 2. The monoisotopic (exact) mass is 436 g/mol. The van der Waals surface area contributed by atoms with E-state index in [1.54, 1.807) is 24.8 Å². The predicted octanol–water partition coefficient (Wildman–Crippen LogP) is 1.51. The Hall–Kier alpha value is -1.93. The summed E-state index contributed by atoms with van der Waals surface area (Å²) in [5.74, 6) is -2.62. The van der Waals surface area contributed by atoms with Gasteiger partial charge in [-0.1, -0.05) is 6.08 Å². The maximum absolute atomic E-state index is 14.0. The Kier molecular flexibility index (Phi) is 6.04. The van der Waals surface area contributed by atoms with Crippen molar-refractivity contribution < 1.29 is 29.0 Å². The van der Waals surface area contributed by atoms with E-state index in [4.69, 9.17) is 9.47 Å². The van der Waals surface area contributed by atoms with Gasteiger partial charge in [-0.2, -0.15) is 0 Å². The number of hydrogen-bond donors (Lipinski definition) is 1. The van der Waals surface area contributed by atoms with Crippen LogP contribution in [0.5, 0.6) is 0 Å². The highest BCUT2D eigenvalue weighted by Gasteiger charge is 2.79. The molecule has 0 radical (unpaired) electrons. The van der Waals surface area contributed by atoms with Gasteiger partial charge >= 0.3 is 5.97 Å². The average Bonchev–Trinajstić information content (AvgIpc) is 3.25. The normalized spacial score (nSPS) is 35.1. The van der Waals surface area contributed by atoms with E-state index in [0.717, 1.165) is 0 Å². The summed E-state index contributed by atoms with van der Waals surface area (Å²) in [6.45, 7) is 15.0. The maximum Gasteiger partial charge on any atom is 0.312 e. The standard InChI is InChI=1S/C23H36N2O6/c1-8-12-24(21(4,5)6)19(28)17-23-11-10-22(7,31-23)16(20(29)30-9-2)15(23)18(27)25(17)14(3)13-26/h8,14-17,26H,1,9-13H2,2-7H3/t14-,15+,16+,17?,22-,23?/m1/s1. The molecule has 1 spiro atoms. The maximum atomic E-state index is 14.0. The van der Waals surface area contributed by atoms with E-state index in [9.17, 15) is 19.5 Å². The number of carbonyl (C=O) groups excluding carboxylic acids is 3. The summed E-state index contributed by atoms with van der Waals surface area (Å²) in [7, 11) is 0. The molecule has 0 aliphatic carbocycles. The van der Waals surface area contributed by atoms with Crippen molar-refractivity contribution in [2.45, 2.75) is 83.2 Å². The minimum Gasteiger partial charge on any atom is -0.466 e. The molecule has 8 nitrogen and oxygen atoms in total. The van der Waals surface area contributed by atoms with Crippen LogP contribution in [0.2, 0.25) is 0 Å². The Morgan fingerprint density at radius 2 is 2.06 bits per heavy atom. The van der Waals surface area contributed by atoms with Crippen LogP contribution in [0.1, 0.15) is 54.4 Å². The number of likely N-dealkylation sites (tertiary alicyclic amines) is 1. The first-order valence-corrected chi connectivity index (χ1v) is 11.1. The molecule has 2 bridgehead atoms. The van der Waals surface area contributed by atoms with Crippen molar-refractivity contribution >= 4 is 17.8 Å². The first-order chi connectivity index (χ1) is 14.4. The lowest BCUT2D eigenvalue weighted by Gasteiger charge is -2.43. The third-order valence-corrected chi connectivity index (χ3v) is 7.12. The molecule has 0 aromatic heterocycles. The van der Waals surface area contributed by atoms with Gasteiger partial charge in [-0.15, -0.1) is 6.58 Å². The molecule has 3 heterocycles. The molecule has 3 fully saturated rings. The zero-order valence-electron chi connectivity index (χ0n) is 19.5. The van der Waals surface area contributed by atoms with E-state index in [0.29, 0.717) is 19.4 Å². The molecule has 8 heteroatoms. The minimum atomic E-state index is -1.12. The van der Waals surface area contributed by atoms with Gasteiger partial charge in [0, 0.05) is 12.1 Å². The number of rotatable bonds is 7. The number of esters is 1. The first kappa shape index (κ1) is 23.7. The Morgan fingerprint density at radius 1 is 1.42 bits per heavy atom. The largest absolute Gasteiger partial charge is 0.466 e. The minimum absolute atomic E-state index is 0.204. The van der Waals surface area contributed by atoms with Gasteiger partial charge in [0.2, 0.25) is 11.8 Å². The number of fused-ring (bicyclic) bond motifs is 1. The number of aliphatic hydroxyl groups is 1. The fourth-order valence-electron chi connectivity index (χ4n) is 5.77. The van der Waals surface area contributed by atoms with Gasteiger partial charge in [-0.3, -0.25) is 14.4 Å². The average molecular weight is 437 g/mol. The smallest absolute Gasteiger partial charge is 0.312 e. The Morgan fingerprint density at radius 3 is 2.58 bits per heavy atom. The van der Waals surface area contributed by atoms with Crippen LogP contribution in [0.3, 0.4) is 0 Å². The highest BCUT2D eigenvalue weighted by atomic mass is 16.6.